The number of pyridine rings is 1. The highest BCUT2D eigenvalue weighted by molar-refractivity contribution is 8.14. The number of alkyl halides is 3. The van der Waals surface area contributed by atoms with Gasteiger partial charge in [0, 0.05) is 34.9 Å². The highest BCUT2D eigenvalue weighted by Crippen LogP contribution is 2.47. The summed E-state index contributed by atoms with van der Waals surface area (Å²) in [6, 6.07) is 7.80. The van der Waals surface area contributed by atoms with Gasteiger partial charge >= 0.3 is 6.18 Å². The summed E-state index contributed by atoms with van der Waals surface area (Å²) in [5.41, 5.74) is -1.22. The Morgan fingerprint density at radius 3 is 2.39 bits per heavy atom. The molecule has 2 saturated carbocycles. The molecule has 1 unspecified atom stereocenters. The summed E-state index contributed by atoms with van der Waals surface area (Å²) >= 11 is 1.60. The third-order valence-electron chi connectivity index (χ3n) is 12.3. The average molecular weight is 901 g/mol. The van der Waals surface area contributed by atoms with Crippen LogP contribution in [-0.2, 0) is 30.6 Å². The second-order valence-electron chi connectivity index (χ2n) is 18.3. The molecule has 2 aliphatic heterocycles. The fraction of sp³-hybridized carbons (Fsp3) is 0.568. The van der Waals surface area contributed by atoms with Crippen LogP contribution >= 0.6 is 11.8 Å². The smallest absolute Gasteiger partial charge is 0.416 e. The van der Waals surface area contributed by atoms with Crippen molar-refractivity contribution in [3.8, 4) is 11.5 Å². The minimum absolute atomic E-state index is 0.0216. The molecule has 1 saturated heterocycles. The molecule has 0 radical (unpaired) electrons. The van der Waals surface area contributed by atoms with Crippen molar-refractivity contribution in [2.75, 3.05) is 24.7 Å². The minimum atomic E-state index is -4.62. The van der Waals surface area contributed by atoms with Crippen molar-refractivity contribution in [2.24, 2.45) is 22.2 Å². The van der Waals surface area contributed by atoms with Crippen LogP contribution in [0.1, 0.15) is 90.5 Å². The number of nitrogens with zero attached hydrogens (tertiary/aromatic N) is 3. The molecule has 3 amide bonds. The molecule has 3 fully saturated rings. The molecule has 3 N–H and O–H groups in total. The summed E-state index contributed by atoms with van der Waals surface area (Å²) in [5.74, 6) is -0.241. The number of methoxy groups -OCH3 is 1. The number of thioether (sulfide) groups is 1. The number of nitrogens with one attached hydrogen (secondary N) is 3. The maximum Gasteiger partial charge on any atom is 0.416 e. The average Bonchev–Trinajstić information content (AvgIpc) is 4.09. The van der Waals surface area contributed by atoms with Gasteiger partial charge in [0.05, 0.1) is 41.7 Å². The first-order chi connectivity index (χ1) is 29.1. The zero-order chi connectivity index (χ0) is 45.1. The second-order valence-corrected chi connectivity index (χ2v) is 21.3. The predicted octanol–water partition coefficient (Wildman–Crippen LogP) is 6.86. The van der Waals surface area contributed by atoms with Crippen molar-refractivity contribution in [3.05, 3.63) is 59.3 Å². The second kappa shape index (κ2) is 16.8. The highest BCUT2D eigenvalue weighted by atomic mass is 32.2. The van der Waals surface area contributed by atoms with Crippen molar-refractivity contribution in [2.45, 2.75) is 122 Å². The summed E-state index contributed by atoms with van der Waals surface area (Å²) in [4.78, 5) is 54.6. The van der Waals surface area contributed by atoms with Crippen LogP contribution in [0.15, 0.2) is 47.5 Å². The summed E-state index contributed by atoms with van der Waals surface area (Å²) in [6.45, 7) is 13.2. The predicted molar refractivity (Wildman–Crippen MR) is 233 cm³/mol. The van der Waals surface area contributed by atoms with Crippen molar-refractivity contribution < 1.29 is 45.4 Å². The maximum absolute atomic E-state index is 14.9. The summed E-state index contributed by atoms with van der Waals surface area (Å²) < 4.78 is 81.7. The number of likely N-dealkylation sites (tertiary alicyclic amines) is 1. The number of carbonyl (C=O) groups excluding carboxylic acids is 3. The lowest BCUT2D eigenvalue weighted by Gasteiger charge is -2.36. The van der Waals surface area contributed by atoms with Gasteiger partial charge in [0.15, 0.2) is 0 Å². The number of anilines is 1. The molecule has 0 bridgehead atoms. The van der Waals surface area contributed by atoms with E-state index in [0.717, 1.165) is 28.5 Å². The van der Waals surface area contributed by atoms with Crippen molar-refractivity contribution in [1.82, 2.24) is 19.9 Å². The molecule has 2 aliphatic carbocycles. The van der Waals surface area contributed by atoms with Crippen LogP contribution in [0, 0.1) is 24.2 Å². The largest absolute Gasteiger partial charge is 0.496 e. The highest BCUT2D eigenvalue weighted by Gasteiger charge is 2.62. The van der Waals surface area contributed by atoms with Crippen molar-refractivity contribution in [1.29, 1.82) is 0 Å². The van der Waals surface area contributed by atoms with E-state index in [0.29, 0.717) is 53.3 Å². The quantitative estimate of drug-likeness (QED) is 0.156. The van der Waals surface area contributed by atoms with E-state index in [2.05, 4.69) is 29.2 Å². The summed E-state index contributed by atoms with van der Waals surface area (Å²) in [7, 11) is -2.36. The van der Waals surface area contributed by atoms with E-state index in [1.165, 1.54) is 17.0 Å². The van der Waals surface area contributed by atoms with Gasteiger partial charge in [-0.05, 0) is 73.8 Å². The van der Waals surface area contributed by atoms with Gasteiger partial charge in [0.25, 0.3) is 5.91 Å². The number of carbonyl (C=O) groups is 3. The van der Waals surface area contributed by atoms with E-state index in [1.54, 1.807) is 39.6 Å². The lowest BCUT2D eigenvalue weighted by atomic mass is 9.85. The van der Waals surface area contributed by atoms with E-state index < -0.39 is 73.9 Å². The number of aryl methyl sites for hydroxylation is 1. The number of fused-ring (bicyclic) bond motifs is 1. The number of hydrogen-bond acceptors (Lipinski definition) is 11. The summed E-state index contributed by atoms with van der Waals surface area (Å²) in [6.07, 6.45) is -3.86. The molecule has 7 rings (SSSR count). The molecule has 6 atom stereocenters. The van der Waals surface area contributed by atoms with E-state index in [4.69, 9.17) is 19.5 Å². The molecule has 4 aliphatic rings. The Bertz CT molecular complexity index is 2400. The van der Waals surface area contributed by atoms with E-state index in [9.17, 15) is 36.0 Å². The van der Waals surface area contributed by atoms with Crippen LogP contribution in [0.4, 0.5) is 18.9 Å². The van der Waals surface area contributed by atoms with Gasteiger partial charge in [0.1, 0.15) is 40.3 Å². The SMILES string of the molecule is CC[C@@H]1C[C@]1(NC(=O)[C@@H]1C[C@@H](Oc2cc(C3=NC(C(C)C)CS3)nc3c(C)c(OC)ccc23)CN1C(=O)[C@@H](Nc1cccc(C(F)(F)F)c1)C(C)(C)C)C(=O)NS(=O)(=O)C1CC1. The fourth-order valence-electron chi connectivity index (χ4n) is 8.30. The topological polar surface area (TPSA) is 168 Å². The van der Waals surface area contributed by atoms with Crippen LogP contribution < -0.4 is 24.8 Å². The number of aromatic nitrogens is 1. The van der Waals surface area contributed by atoms with Crippen LogP contribution in [-0.4, -0.2) is 95.5 Å². The lowest BCUT2D eigenvalue weighted by Crippen LogP contribution is -2.58. The van der Waals surface area contributed by atoms with Gasteiger partial charge in [-0.25, -0.2) is 13.4 Å². The van der Waals surface area contributed by atoms with Crippen LogP contribution in [0.3, 0.4) is 0 Å². The number of amides is 3. The third kappa shape index (κ3) is 9.22. The molecule has 336 valence electrons. The molecule has 2 aromatic carbocycles. The molecule has 3 aromatic rings. The van der Waals surface area contributed by atoms with Gasteiger partial charge < -0.3 is 25.0 Å². The van der Waals surface area contributed by atoms with Crippen LogP contribution in [0.2, 0.25) is 0 Å². The molecule has 3 heterocycles. The van der Waals surface area contributed by atoms with Crippen LogP contribution in [0.25, 0.3) is 10.9 Å². The first-order valence-electron chi connectivity index (χ1n) is 21.0. The van der Waals surface area contributed by atoms with Gasteiger partial charge in [-0.1, -0.05) is 54.0 Å². The standard InChI is InChI=1S/C44H55F3N6O7S2/c1-9-25-20-43(25,41(56)52-62(57,58)29-13-14-29)51-38(54)33-18-28(21-53(33)40(55)37(42(5,6)7)48-27-12-10-11-26(17-27)44(45,46)47)60-35-19-31(39-50-32(22-61-39)23(2)3)49-36-24(4)34(59-8)16-15-30(35)36/h10-12,15-17,19,23,25,28-29,32-33,37,48H,9,13-14,18,20-22H2,1-8H3,(H,51,54)(H,52,56)/t25-,28-,32?,33+,37-,43-/m1/s1. The summed E-state index contributed by atoms with van der Waals surface area (Å²) in [5, 5.41) is 6.66. The number of halogens is 3. The number of hydrogen-bond donors (Lipinski definition) is 3. The monoisotopic (exact) mass is 900 g/mol. The number of benzene rings is 2. The number of sulfonamides is 1. The van der Waals surface area contributed by atoms with Crippen molar-refractivity contribution in [3.63, 3.8) is 0 Å². The zero-order valence-electron chi connectivity index (χ0n) is 36.2. The first kappa shape index (κ1) is 45.4. The van der Waals surface area contributed by atoms with Gasteiger partial charge in [-0.3, -0.25) is 24.1 Å². The molecular formula is C44H55F3N6O7S2. The first-order valence-corrected chi connectivity index (χ1v) is 23.6. The Balaban J connectivity index is 1.25. The Morgan fingerprint density at radius 1 is 1.06 bits per heavy atom. The van der Waals surface area contributed by atoms with Gasteiger partial charge in [0.2, 0.25) is 21.8 Å². The Morgan fingerprint density at radius 2 is 1.79 bits per heavy atom. The van der Waals surface area contributed by atoms with E-state index in [1.807, 2.05) is 32.0 Å². The molecule has 18 heteroatoms. The Labute approximate surface area is 364 Å². The van der Waals surface area contributed by atoms with Crippen molar-refractivity contribution >= 4 is 61.1 Å². The van der Waals surface area contributed by atoms with Gasteiger partial charge in [-0.2, -0.15) is 13.2 Å². The van der Waals surface area contributed by atoms with E-state index >= 15 is 0 Å². The van der Waals surface area contributed by atoms with Gasteiger partial charge in [-0.15, -0.1) is 11.8 Å². The molecular weight excluding hydrogens is 846 g/mol. The number of rotatable bonds is 14. The normalized spacial score (nSPS) is 24.5. The number of ether oxygens (including phenoxy) is 2. The number of aliphatic imine (C=N–C) groups is 1. The Hall–Kier alpha value is -4.58. The Kier molecular flexibility index (Phi) is 12.3. The maximum atomic E-state index is 14.9. The zero-order valence-corrected chi connectivity index (χ0v) is 37.8. The van der Waals surface area contributed by atoms with Crippen LogP contribution in [0.5, 0.6) is 11.5 Å². The fourth-order valence-corrected chi connectivity index (χ4v) is 10.9. The molecule has 13 nitrogen and oxygen atoms in total. The minimum Gasteiger partial charge on any atom is -0.496 e. The molecule has 0 spiro atoms. The van der Waals surface area contributed by atoms with E-state index in [-0.39, 0.29) is 37.0 Å². The molecule has 62 heavy (non-hydrogen) atoms. The molecule has 1 aromatic heterocycles. The third-order valence-corrected chi connectivity index (χ3v) is 15.2. The lowest BCUT2D eigenvalue weighted by molar-refractivity contribution is -0.141.